The van der Waals surface area contributed by atoms with Crippen molar-refractivity contribution in [1.29, 1.82) is 0 Å². The number of carboxylic acid groups (broad SMARTS) is 2. The lowest BCUT2D eigenvalue weighted by Crippen LogP contribution is -2.39. The third-order valence-electron chi connectivity index (χ3n) is 1.98. The maximum absolute atomic E-state index is 12.2. The van der Waals surface area contributed by atoms with Crippen LogP contribution < -0.4 is 0 Å². The Morgan fingerprint density at radius 2 is 1.79 bits per heavy atom. The Hall–Kier alpha value is -0.970. The number of sulfonamides is 1. The van der Waals surface area contributed by atoms with E-state index in [-0.39, 0.29) is 8.68 Å². The number of carbonyl (C=O) groups is 2. The van der Waals surface area contributed by atoms with Crippen LogP contribution in [-0.2, 0) is 19.6 Å². The molecule has 1 rings (SSSR count). The first kappa shape index (κ1) is 16.1. The van der Waals surface area contributed by atoms with Gasteiger partial charge in [-0.25, -0.2) is 8.42 Å². The summed E-state index contributed by atoms with van der Waals surface area (Å²) in [6.45, 7) is -0.122. The van der Waals surface area contributed by atoms with Gasteiger partial charge >= 0.3 is 11.9 Å². The molecule has 2 N–H and O–H groups in total. The first-order valence-corrected chi connectivity index (χ1v) is 7.89. The monoisotopic (exact) mass is 371 g/mol. The van der Waals surface area contributed by atoms with E-state index in [9.17, 15) is 18.0 Å². The van der Waals surface area contributed by atoms with Gasteiger partial charge in [0.2, 0.25) is 0 Å². The molecule has 0 atom stereocenters. The maximum Gasteiger partial charge on any atom is 0.318 e. The Kier molecular flexibility index (Phi) is 5.07. The highest BCUT2D eigenvalue weighted by Crippen LogP contribution is 2.33. The third-order valence-corrected chi connectivity index (χ3v) is 6.48. The van der Waals surface area contributed by atoms with E-state index in [1.807, 2.05) is 0 Å². The van der Waals surface area contributed by atoms with Gasteiger partial charge in [-0.2, -0.15) is 4.31 Å². The van der Waals surface area contributed by atoms with Crippen LogP contribution in [0.2, 0.25) is 0 Å². The Balaban J connectivity index is 3.22. The largest absolute Gasteiger partial charge is 0.480 e. The molecular weight excluding hydrogens is 362 g/mol. The molecule has 10 heteroatoms. The predicted molar refractivity (Wildman–Crippen MR) is 70.8 cm³/mol. The number of carboxylic acids is 2. The molecule has 0 amide bonds. The number of nitrogens with zero attached hydrogens (tertiary/aromatic N) is 1. The highest BCUT2D eigenvalue weighted by molar-refractivity contribution is 9.10. The summed E-state index contributed by atoms with van der Waals surface area (Å²) in [4.78, 5) is 22.0. The number of hydrogen-bond acceptors (Lipinski definition) is 5. The summed E-state index contributed by atoms with van der Waals surface area (Å²) < 4.78 is 25.0. The van der Waals surface area contributed by atoms with Gasteiger partial charge in [0.25, 0.3) is 10.0 Å². The zero-order valence-corrected chi connectivity index (χ0v) is 12.9. The fourth-order valence-corrected chi connectivity index (χ4v) is 5.49. The predicted octanol–water partition coefficient (Wildman–Crippen LogP) is 0.979. The summed E-state index contributed by atoms with van der Waals surface area (Å²) in [6.07, 6.45) is 0. The van der Waals surface area contributed by atoms with Crippen LogP contribution in [-0.4, -0.2) is 48.0 Å². The lowest BCUT2D eigenvalue weighted by Gasteiger charge is -2.17. The zero-order valence-electron chi connectivity index (χ0n) is 9.66. The standard InChI is InChI=1S/C9H10BrNO6S2/c1-5-2-6(10)9(18-5)19(16,17)11(3-7(12)13)4-8(14)15/h2H,3-4H2,1H3,(H,12,13)(H,14,15). The minimum Gasteiger partial charge on any atom is -0.480 e. The molecule has 0 aromatic carbocycles. The molecule has 0 bridgehead atoms. The van der Waals surface area contributed by atoms with Crippen molar-refractivity contribution >= 4 is 49.2 Å². The van der Waals surface area contributed by atoms with Gasteiger partial charge in [0.05, 0.1) is 0 Å². The zero-order chi connectivity index (χ0) is 14.8. The molecule has 0 aliphatic carbocycles. The van der Waals surface area contributed by atoms with Crippen LogP contribution in [0.3, 0.4) is 0 Å². The van der Waals surface area contributed by atoms with E-state index >= 15 is 0 Å². The van der Waals surface area contributed by atoms with Gasteiger partial charge in [0.15, 0.2) is 0 Å². The van der Waals surface area contributed by atoms with Crippen molar-refractivity contribution in [3.8, 4) is 0 Å². The SMILES string of the molecule is Cc1cc(Br)c(S(=O)(=O)N(CC(=O)O)CC(=O)O)s1. The van der Waals surface area contributed by atoms with Crippen molar-refractivity contribution in [3.63, 3.8) is 0 Å². The summed E-state index contributed by atoms with van der Waals surface area (Å²) in [5.74, 6) is -2.84. The van der Waals surface area contributed by atoms with Gasteiger partial charge in [-0.05, 0) is 28.9 Å². The molecule has 0 saturated carbocycles. The number of rotatable bonds is 6. The summed E-state index contributed by atoms with van der Waals surface area (Å²) in [7, 11) is -4.16. The highest BCUT2D eigenvalue weighted by Gasteiger charge is 2.31. The van der Waals surface area contributed by atoms with E-state index in [2.05, 4.69) is 15.9 Å². The molecule has 0 aliphatic rings. The van der Waals surface area contributed by atoms with E-state index in [0.717, 1.165) is 11.3 Å². The molecular formula is C9H10BrNO6S2. The van der Waals surface area contributed by atoms with Crippen molar-refractivity contribution < 1.29 is 28.2 Å². The van der Waals surface area contributed by atoms with Gasteiger partial charge in [-0.3, -0.25) is 9.59 Å². The van der Waals surface area contributed by atoms with Crippen LogP contribution in [0.15, 0.2) is 14.7 Å². The van der Waals surface area contributed by atoms with Crippen molar-refractivity contribution in [2.45, 2.75) is 11.1 Å². The van der Waals surface area contributed by atoms with Crippen LogP contribution in [0.25, 0.3) is 0 Å². The first-order chi connectivity index (χ1) is 8.64. The second kappa shape index (κ2) is 5.99. The van der Waals surface area contributed by atoms with E-state index in [1.54, 1.807) is 13.0 Å². The molecule has 0 spiro atoms. The second-order valence-electron chi connectivity index (χ2n) is 3.55. The molecule has 0 unspecified atom stereocenters. The highest BCUT2D eigenvalue weighted by atomic mass is 79.9. The number of aliphatic carboxylic acids is 2. The molecule has 0 saturated heterocycles. The lowest BCUT2D eigenvalue weighted by molar-refractivity contribution is -0.139. The van der Waals surface area contributed by atoms with Gasteiger partial charge in [0.1, 0.15) is 17.3 Å². The summed E-state index contributed by atoms with van der Waals surface area (Å²) in [5, 5.41) is 17.3. The molecule has 0 aliphatic heterocycles. The van der Waals surface area contributed by atoms with Crippen LogP contribution >= 0.6 is 27.3 Å². The van der Waals surface area contributed by atoms with E-state index in [1.165, 1.54) is 0 Å². The first-order valence-electron chi connectivity index (χ1n) is 4.84. The molecule has 106 valence electrons. The normalized spacial score (nSPS) is 11.7. The fourth-order valence-electron chi connectivity index (χ4n) is 1.28. The van der Waals surface area contributed by atoms with Crippen molar-refractivity contribution in [2.75, 3.05) is 13.1 Å². The van der Waals surface area contributed by atoms with Crippen molar-refractivity contribution in [3.05, 3.63) is 15.4 Å². The van der Waals surface area contributed by atoms with Crippen LogP contribution in [0.5, 0.6) is 0 Å². The lowest BCUT2D eigenvalue weighted by atomic mass is 10.5. The van der Waals surface area contributed by atoms with E-state index in [0.29, 0.717) is 9.18 Å². The van der Waals surface area contributed by atoms with E-state index in [4.69, 9.17) is 10.2 Å². The Morgan fingerprint density at radius 3 is 2.11 bits per heavy atom. The molecule has 19 heavy (non-hydrogen) atoms. The minimum absolute atomic E-state index is 0.104. The van der Waals surface area contributed by atoms with E-state index < -0.39 is 35.1 Å². The number of hydrogen-bond donors (Lipinski definition) is 2. The Bertz CT molecular complexity index is 592. The number of aryl methyl sites for hydroxylation is 1. The molecule has 0 fully saturated rings. The summed E-state index contributed by atoms with van der Waals surface area (Å²) in [6, 6.07) is 1.57. The van der Waals surface area contributed by atoms with Gasteiger partial charge in [-0.1, -0.05) is 0 Å². The maximum atomic E-state index is 12.2. The topological polar surface area (TPSA) is 112 Å². The fraction of sp³-hybridized carbons (Fsp3) is 0.333. The van der Waals surface area contributed by atoms with Crippen LogP contribution in [0.4, 0.5) is 0 Å². The molecule has 1 heterocycles. The number of halogens is 1. The average molecular weight is 372 g/mol. The molecule has 0 radical (unpaired) electrons. The number of thiophene rings is 1. The third kappa shape index (κ3) is 4.00. The molecule has 1 aromatic rings. The van der Waals surface area contributed by atoms with Gasteiger partial charge in [-0.15, -0.1) is 11.3 Å². The van der Waals surface area contributed by atoms with Gasteiger partial charge in [0, 0.05) is 9.35 Å². The van der Waals surface area contributed by atoms with Crippen LogP contribution in [0.1, 0.15) is 4.88 Å². The quantitative estimate of drug-likeness (QED) is 0.770. The van der Waals surface area contributed by atoms with Crippen LogP contribution in [0, 0.1) is 6.92 Å². The average Bonchev–Trinajstić information content (AvgIpc) is 2.56. The minimum atomic E-state index is -4.16. The smallest absolute Gasteiger partial charge is 0.318 e. The van der Waals surface area contributed by atoms with Gasteiger partial charge < -0.3 is 10.2 Å². The van der Waals surface area contributed by atoms with Crippen molar-refractivity contribution in [2.24, 2.45) is 0 Å². The summed E-state index contributed by atoms with van der Waals surface area (Å²) in [5.41, 5.74) is 0. The Labute approximate surface area is 121 Å². The molecule has 7 nitrogen and oxygen atoms in total. The second-order valence-corrected chi connectivity index (χ2v) is 7.80. The Morgan fingerprint density at radius 1 is 1.32 bits per heavy atom. The van der Waals surface area contributed by atoms with Crippen molar-refractivity contribution in [1.82, 2.24) is 4.31 Å². The summed E-state index contributed by atoms with van der Waals surface area (Å²) >= 11 is 4.00. The molecule has 1 aromatic heterocycles.